The van der Waals surface area contributed by atoms with Crippen molar-refractivity contribution in [2.45, 2.75) is 39.3 Å². The molecule has 0 aliphatic carbocycles. The molecule has 146 valence electrons. The minimum atomic E-state index is -0.811. The zero-order chi connectivity index (χ0) is 20.3. The van der Waals surface area contributed by atoms with E-state index in [0.717, 1.165) is 22.0 Å². The van der Waals surface area contributed by atoms with Gasteiger partial charge in [-0.15, -0.1) is 16.4 Å². The van der Waals surface area contributed by atoms with Crippen LogP contribution >= 0.6 is 22.9 Å². The lowest BCUT2D eigenvalue weighted by Crippen LogP contribution is -2.49. The molecular formula is C20H22N4O2S2. The molecule has 0 aliphatic heterocycles. The number of hydrogen-bond acceptors (Lipinski definition) is 6. The number of thiophene rings is 1. The molecule has 8 heteroatoms. The largest absolute Gasteiger partial charge is 0.349 e. The number of carbonyl (C=O) groups excluding carboxylic acids is 2. The lowest BCUT2D eigenvalue weighted by molar-refractivity contribution is -0.123. The molecule has 0 unspecified atom stereocenters. The molecule has 0 saturated carbocycles. The quantitative estimate of drug-likeness (QED) is 0.679. The molecule has 3 aromatic rings. The number of anilines is 1. The Balaban J connectivity index is 2.15. The van der Waals surface area contributed by atoms with Crippen molar-refractivity contribution in [3.05, 3.63) is 63.3 Å². The summed E-state index contributed by atoms with van der Waals surface area (Å²) in [4.78, 5) is 29.1. The molecule has 1 aromatic carbocycles. The minimum absolute atomic E-state index is 0.221. The average molecular weight is 415 g/mol. The normalized spacial score (nSPS) is 12.4. The van der Waals surface area contributed by atoms with Gasteiger partial charge in [0.2, 0.25) is 5.91 Å². The maximum absolute atomic E-state index is 13.4. The van der Waals surface area contributed by atoms with Gasteiger partial charge in [-0.05, 0) is 62.3 Å². The summed E-state index contributed by atoms with van der Waals surface area (Å²) in [5.74, 6) is -0.597. The van der Waals surface area contributed by atoms with Crippen LogP contribution in [0.25, 0.3) is 0 Å². The van der Waals surface area contributed by atoms with Gasteiger partial charge in [-0.2, -0.15) is 0 Å². The fourth-order valence-electron chi connectivity index (χ4n) is 2.84. The Labute approximate surface area is 172 Å². The number of nitrogens with one attached hydrogen (secondary N) is 1. The van der Waals surface area contributed by atoms with Crippen molar-refractivity contribution in [3.63, 3.8) is 0 Å². The van der Waals surface area contributed by atoms with Gasteiger partial charge in [-0.3, -0.25) is 14.5 Å². The van der Waals surface area contributed by atoms with E-state index in [1.54, 1.807) is 5.38 Å². The minimum Gasteiger partial charge on any atom is -0.349 e. The molecule has 0 bridgehead atoms. The Bertz CT molecular complexity index is 947. The van der Waals surface area contributed by atoms with E-state index < -0.39 is 11.6 Å². The lowest BCUT2D eigenvalue weighted by Gasteiger charge is -2.33. The highest BCUT2D eigenvalue weighted by Gasteiger charge is 2.36. The van der Waals surface area contributed by atoms with Gasteiger partial charge in [0.1, 0.15) is 0 Å². The van der Waals surface area contributed by atoms with Crippen LogP contribution in [0, 0.1) is 6.92 Å². The van der Waals surface area contributed by atoms with Gasteiger partial charge in [-0.25, -0.2) is 0 Å². The molecule has 28 heavy (non-hydrogen) atoms. The van der Waals surface area contributed by atoms with Crippen molar-refractivity contribution >= 4 is 40.4 Å². The summed E-state index contributed by atoms with van der Waals surface area (Å²) in [7, 11) is 0. The van der Waals surface area contributed by atoms with Crippen LogP contribution in [-0.4, -0.2) is 26.9 Å². The van der Waals surface area contributed by atoms with Crippen LogP contribution in [0.15, 0.2) is 47.2 Å². The number of amides is 2. The topological polar surface area (TPSA) is 75.2 Å². The van der Waals surface area contributed by atoms with Crippen molar-refractivity contribution in [1.29, 1.82) is 0 Å². The van der Waals surface area contributed by atoms with Gasteiger partial charge in [-0.1, -0.05) is 28.8 Å². The average Bonchev–Trinajstić information content (AvgIpc) is 3.32. The van der Waals surface area contributed by atoms with E-state index in [1.807, 2.05) is 69.5 Å². The lowest BCUT2D eigenvalue weighted by atomic mass is 10.0. The van der Waals surface area contributed by atoms with Crippen molar-refractivity contribution in [1.82, 2.24) is 14.9 Å². The molecule has 2 amide bonds. The molecular weight excluding hydrogens is 392 g/mol. The molecule has 1 atom stereocenters. The summed E-state index contributed by atoms with van der Waals surface area (Å²) in [5.41, 5.74) is 1.35. The van der Waals surface area contributed by atoms with Crippen LogP contribution in [0.4, 0.5) is 5.69 Å². The third-order valence-electron chi connectivity index (χ3n) is 3.99. The highest BCUT2D eigenvalue weighted by molar-refractivity contribution is 7.10. The van der Waals surface area contributed by atoms with Gasteiger partial charge in [0, 0.05) is 21.5 Å². The Hall–Kier alpha value is -2.58. The molecule has 0 fully saturated rings. The predicted molar refractivity (Wildman–Crippen MR) is 113 cm³/mol. The van der Waals surface area contributed by atoms with E-state index in [4.69, 9.17) is 0 Å². The van der Waals surface area contributed by atoms with Crippen molar-refractivity contribution in [2.24, 2.45) is 0 Å². The van der Waals surface area contributed by atoms with E-state index in [-0.39, 0.29) is 17.5 Å². The van der Waals surface area contributed by atoms with E-state index in [1.165, 1.54) is 16.2 Å². The SMILES string of the molecule is Cc1ccccc1N(C(=O)c1csnn1)[C@@H](C(=O)NC(C)(C)C)c1cccs1. The molecule has 1 N–H and O–H groups in total. The fraction of sp³-hybridized carbons (Fsp3) is 0.300. The van der Waals surface area contributed by atoms with E-state index in [0.29, 0.717) is 5.69 Å². The van der Waals surface area contributed by atoms with Gasteiger partial charge in [0.15, 0.2) is 11.7 Å². The van der Waals surface area contributed by atoms with Crippen LogP contribution in [0.5, 0.6) is 0 Å². The third-order valence-corrected chi connectivity index (χ3v) is 5.42. The number of benzene rings is 1. The highest BCUT2D eigenvalue weighted by Crippen LogP contribution is 2.34. The Morgan fingerprint density at radius 1 is 1.14 bits per heavy atom. The Morgan fingerprint density at radius 3 is 2.46 bits per heavy atom. The summed E-state index contributed by atoms with van der Waals surface area (Å²) in [6.07, 6.45) is 0. The number of aryl methyl sites for hydroxylation is 1. The second kappa shape index (κ2) is 8.20. The molecule has 2 heterocycles. The van der Waals surface area contributed by atoms with Gasteiger partial charge < -0.3 is 5.32 Å². The molecule has 2 aromatic heterocycles. The fourth-order valence-corrected chi connectivity index (χ4v) is 4.08. The second-order valence-corrected chi connectivity index (χ2v) is 9.00. The third kappa shape index (κ3) is 4.45. The van der Waals surface area contributed by atoms with Crippen molar-refractivity contribution in [3.8, 4) is 0 Å². The molecule has 0 saturated heterocycles. The van der Waals surface area contributed by atoms with Crippen molar-refractivity contribution in [2.75, 3.05) is 4.90 Å². The summed E-state index contributed by atoms with van der Waals surface area (Å²) in [6.45, 7) is 7.67. The molecule has 3 rings (SSSR count). The number of carbonyl (C=O) groups is 2. The number of aromatic nitrogens is 2. The summed E-state index contributed by atoms with van der Waals surface area (Å²) < 4.78 is 3.81. The maximum atomic E-state index is 13.4. The number of rotatable bonds is 5. The number of hydrogen-bond donors (Lipinski definition) is 1. The first-order chi connectivity index (χ1) is 13.3. The highest BCUT2D eigenvalue weighted by atomic mass is 32.1. The zero-order valence-corrected chi connectivity index (χ0v) is 17.8. The van der Waals surface area contributed by atoms with Crippen LogP contribution in [0.1, 0.15) is 47.7 Å². The van der Waals surface area contributed by atoms with Crippen molar-refractivity contribution < 1.29 is 9.59 Å². The first kappa shape index (κ1) is 20.2. The van der Waals surface area contributed by atoms with E-state index in [9.17, 15) is 9.59 Å². The maximum Gasteiger partial charge on any atom is 0.280 e. The molecule has 0 spiro atoms. The molecule has 0 radical (unpaired) electrons. The number of para-hydroxylation sites is 1. The van der Waals surface area contributed by atoms with Gasteiger partial charge >= 0.3 is 0 Å². The smallest absolute Gasteiger partial charge is 0.280 e. The Morgan fingerprint density at radius 2 is 1.89 bits per heavy atom. The van der Waals surface area contributed by atoms with Crippen LogP contribution in [0.2, 0.25) is 0 Å². The monoisotopic (exact) mass is 414 g/mol. The standard InChI is InChI=1S/C20H22N4O2S2/c1-13-8-5-6-9-15(13)24(19(26)14-12-28-23-22-14)17(16-10-7-11-27-16)18(25)21-20(2,3)4/h5-12,17H,1-4H3,(H,21,25)/t17-/m1/s1. The van der Waals surface area contributed by atoms with Crippen LogP contribution in [0.3, 0.4) is 0 Å². The molecule has 0 aliphatic rings. The van der Waals surface area contributed by atoms with Gasteiger partial charge in [0.25, 0.3) is 5.91 Å². The van der Waals surface area contributed by atoms with Gasteiger partial charge in [0.05, 0.1) is 0 Å². The molecule has 6 nitrogen and oxygen atoms in total. The van der Waals surface area contributed by atoms with Crippen LogP contribution < -0.4 is 10.2 Å². The number of nitrogens with zero attached hydrogens (tertiary/aromatic N) is 3. The van der Waals surface area contributed by atoms with Crippen LogP contribution in [-0.2, 0) is 4.79 Å². The summed E-state index contributed by atoms with van der Waals surface area (Å²) >= 11 is 2.55. The Kier molecular flexibility index (Phi) is 5.90. The van der Waals surface area contributed by atoms with E-state index in [2.05, 4.69) is 14.9 Å². The summed E-state index contributed by atoms with van der Waals surface area (Å²) in [5, 5.41) is 10.5. The zero-order valence-electron chi connectivity index (χ0n) is 16.2. The summed E-state index contributed by atoms with van der Waals surface area (Å²) in [6, 6.07) is 10.5. The second-order valence-electron chi connectivity index (χ2n) is 7.41. The predicted octanol–water partition coefficient (Wildman–Crippen LogP) is 4.21. The first-order valence-corrected chi connectivity index (χ1v) is 10.5. The first-order valence-electron chi connectivity index (χ1n) is 8.79. The van der Waals surface area contributed by atoms with E-state index >= 15 is 0 Å².